The second kappa shape index (κ2) is 7.82. The molecule has 0 aromatic heterocycles. The van der Waals surface area contributed by atoms with Crippen molar-refractivity contribution in [3.8, 4) is 0 Å². The van der Waals surface area contributed by atoms with E-state index in [9.17, 15) is 0 Å². The summed E-state index contributed by atoms with van der Waals surface area (Å²) in [6.07, 6.45) is 1.02. The Bertz CT molecular complexity index is 617. The van der Waals surface area contributed by atoms with Crippen molar-refractivity contribution in [1.29, 1.82) is 0 Å². The fourth-order valence-electron chi connectivity index (χ4n) is 2.18. The first kappa shape index (κ1) is 14.7. The Morgan fingerprint density at radius 2 is 1.53 bits per heavy atom. The number of benzene rings is 2. The largest absolute Gasteiger partial charge is 0.150 e. The van der Waals surface area contributed by atoms with Crippen LogP contribution in [0.3, 0.4) is 0 Å². The molecule has 0 aliphatic heterocycles. The van der Waals surface area contributed by atoms with Crippen molar-refractivity contribution in [3.63, 3.8) is 0 Å². The van der Waals surface area contributed by atoms with Crippen molar-refractivity contribution in [1.82, 2.24) is 0 Å². The topological polar surface area (TPSA) is 0 Å². The third-order valence-corrected chi connectivity index (χ3v) is 3.01. The standard InChI is InChI=1S/C16H13.2ClH.Ti/c1-2-6-13(7-3-1)12-15-11-10-14-8-4-5-9-16(14)15;;;/h1-11H,12H2;2*1H;/q-1;;;+2/p-2. The molecule has 0 atom stereocenters. The van der Waals surface area contributed by atoms with Gasteiger partial charge in [0.05, 0.1) is 0 Å². The molecule has 0 aliphatic rings. The number of hydrogen-bond acceptors (Lipinski definition) is 0. The summed E-state index contributed by atoms with van der Waals surface area (Å²) in [6.45, 7) is 0. The fourth-order valence-corrected chi connectivity index (χ4v) is 2.18. The van der Waals surface area contributed by atoms with Gasteiger partial charge in [-0.2, -0.15) is 0 Å². The zero-order chi connectivity index (χ0) is 13.5. The number of rotatable bonds is 2. The summed E-state index contributed by atoms with van der Waals surface area (Å²) in [5.41, 5.74) is 2.79. The second-order valence-corrected chi connectivity index (χ2v) is 6.76. The second-order valence-electron chi connectivity index (χ2n) is 4.18. The quantitative estimate of drug-likeness (QED) is 0.430. The van der Waals surface area contributed by atoms with Crippen LogP contribution in [0.1, 0.15) is 11.1 Å². The Balaban J connectivity index is 0.000000408. The van der Waals surface area contributed by atoms with Crippen LogP contribution in [0.5, 0.6) is 0 Å². The molecular formula is C16H13Cl2Ti-. The van der Waals surface area contributed by atoms with Gasteiger partial charge >= 0.3 is 35.6 Å². The maximum Gasteiger partial charge on any atom is -0.0442 e. The zero-order valence-electron chi connectivity index (χ0n) is 10.3. The molecule has 0 bridgehead atoms. The first-order valence-electron chi connectivity index (χ1n) is 5.98. The molecule has 0 heterocycles. The first-order valence-corrected chi connectivity index (χ1v) is 10.3. The molecule has 19 heavy (non-hydrogen) atoms. The van der Waals surface area contributed by atoms with Crippen molar-refractivity contribution >= 4 is 29.4 Å². The molecule has 0 N–H and O–H groups in total. The summed E-state index contributed by atoms with van der Waals surface area (Å²) in [5, 5.41) is 2.72. The molecular weight excluding hydrogens is 311 g/mol. The van der Waals surface area contributed by atoms with Crippen LogP contribution >= 0.6 is 18.6 Å². The molecule has 3 rings (SSSR count). The smallest absolute Gasteiger partial charge is 0.0442 e. The van der Waals surface area contributed by atoms with Gasteiger partial charge < -0.3 is 0 Å². The van der Waals surface area contributed by atoms with Crippen LogP contribution in [0.15, 0.2) is 66.7 Å². The van der Waals surface area contributed by atoms with Crippen LogP contribution in [0.25, 0.3) is 10.8 Å². The van der Waals surface area contributed by atoms with Gasteiger partial charge in [-0.05, 0) is 6.42 Å². The van der Waals surface area contributed by atoms with Crippen LogP contribution in [-0.2, 0) is 23.5 Å². The van der Waals surface area contributed by atoms with E-state index in [2.05, 4.69) is 66.7 Å². The maximum absolute atomic E-state index is 4.89. The monoisotopic (exact) mass is 323 g/mol. The van der Waals surface area contributed by atoms with Gasteiger partial charge in [0.1, 0.15) is 0 Å². The normalized spacial score (nSPS) is 9.79. The average Bonchev–Trinajstić information content (AvgIpc) is 2.85. The van der Waals surface area contributed by atoms with Crippen LogP contribution in [-0.4, -0.2) is 0 Å². The summed E-state index contributed by atoms with van der Waals surface area (Å²) in [7, 11) is 9.78. The van der Waals surface area contributed by atoms with Crippen molar-refractivity contribution in [2.75, 3.05) is 0 Å². The average molecular weight is 324 g/mol. The number of fused-ring (bicyclic) bond motifs is 1. The van der Waals surface area contributed by atoms with Gasteiger partial charge in [0.25, 0.3) is 0 Å². The van der Waals surface area contributed by atoms with Crippen LogP contribution in [0.2, 0.25) is 0 Å². The Hall–Kier alpha value is -0.656. The third kappa shape index (κ3) is 4.16. The van der Waals surface area contributed by atoms with E-state index in [0.29, 0.717) is 0 Å². The van der Waals surface area contributed by atoms with E-state index in [1.54, 1.807) is 0 Å². The summed E-state index contributed by atoms with van der Waals surface area (Å²) in [5.74, 6) is 0. The molecule has 0 nitrogen and oxygen atoms in total. The molecule has 0 fully saturated rings. The molecule has 3 aromatic rings. The minimum Gasteiger partial charge on any atom is -0.150 e. The first-order chi connectivity index (χ1) is 9.35. The van der Waals surface area contributed by atoms with Crippen LogP contribution < -0.4 is 0 Å². The molecule has 96 valence electrons. The summed E-state index contributed by atoms with van der Waals surface area (Å²) >= 11 is -0.556. The summed E-state index contributed by atoms with van der Waals surface area (Å²) in [4.78, 5) is 0. The molecule has 0 amide bonds. The van der Waals surface area contributed by atoms with E-state index >= 15 is 0 Å². The van der Waals surface area contributed by atoms with Crippen molar-refractivity contribution in [2.24, 2.45) is 0 Å². The van der Waals surface area contributed by atoms with E-state index < -0.39 is 17.0 Å². The molecule has 0 radical (unpaired) electrons. The Morgan fingerprint density at radius 3 is 2.26 bits per heavy atom. The molecule has 3 aromatic carbocycles. The van der Waals surface area contributed by atoms with Gasteiger partial charge in [0.15, 0.2) is 0 Å². The van der Waals surface area contributed by atoms with Crippen molar-refractivity contribution in [3.05, 3.63) is 77.9 Å². The molecule has 0 saturated carbocycles. The van der Waals surface area contributed by atoms with Gasteiger partial charge in [0.2, 0.25) is 0 Å². The Labute approximate surface area is 130 Å². The van der Waals surface area contributed by atoms with Gasteiger partial charge in [-0.15, -0.1) is 46.7 Å². The molecule has 0 saturated heterocycles. The minimum absolute atomic E-state index is 0.556. The van der Waals surface area contributed by atoms with E-state index in [1.807, 2.05) is 0 Å². The summed E-state index contributed by atoms with van der Waals surface area (Å²) in [6, 6.07) is 23.6. The molecule has 3 heteroatoms. The van der Waals surface area contributed by atoms with Gasteiger partial charge in [-0.25, -0.2) is 0 Å². The predicted molar refractivity (Wildman–Crippen MR) is 80.5 cm³/mol. The third-order valence-electron chi connectivity index (χ3n) is 3.01. The SMILES string of the molecule is [Cl][Ti][Cl].c1ccc(Cc2c[cH-]c3ccccc23)cc1. The van der Waals surface area contributed by atoms with E-state index in [1.165, 1.54) is 21.9 Å². The maximum atomic E-state index is 4.89. The minimum atomic E-state index is -0.556. The molecule has 0 unspecified atom stereocenters. The fraction of sp³-hybridized carbons (Fsp3) is 0.0625. The van der Waals surface area contributed by atoms with E-state index in [0.717, 1.165) is 6.42 Å². The van der Waals surface area contributed by atoms with Crippen molar-refractivity contribution < 1.29 is 17.0 Å². The van der Waals surface area contributed by atoms with Gasteiger partial charge in [-0.1, -0.05) is 42.0 Å². The van der Waals surface area contributed by atoms with Crippen molar-refractivity contribution in [2.45, 2.75) is 6.42 Å². The molecule has 0 spiro atoms. The molecule has 0 aliphatic carbocycles. The van der Waals surface area contributed by atoms with E-state index in [-0.39, 0.29) is 0 Å². The number of hydrogen-bond donors (Lipinski definition) is 0. The summed E-state index contributed by atoms with van der Waals surface area (Å²) < 4.78 is 0. The van der Waals surface area contributed by atoms with Crippen LogP contribution in [0, 0.1) is 0 Å². The Kier molecular flexibility index (Phi) is 6.07. The van der Waals surface area contributed by atoms with E-state index in [4.69, 9.17) is 18.6 Å². The van der Waals surface area contributed by atoms with Gasteiger partial charge in [-0.3, -0.25) is 0 Å². The van der Waals surface area contributed by atoms with Gasteiger partial charge in [0, 0.05) is 0 Å². The zero-order valence-corrected chi connectivity index (χ0v) is 13.4. The van der Waals surface area contributed by atoms with Crippen LogP contribution in [0.4, 0.5) is 0 Å². The predicted octanol–water partition coefficient (Wildman–Crippen LogP) is 5.53. The number of halogens is 2. The Morgan fingerprint density at radius 1 is 0.895 bits per heavy atom.